The van der Waals surface area contributed by atoms with E-state index < -0.39 is 0 Å². The Morgan fingerprint density at radius 3 is 2.33 bits per heavy atom. The summed E-state index contributed by atoms with van der Waals surface area (Å²) in [6.45, 7) is 0. The SMILES string of the molecule is CN(C)c1ccc(NC(=O)c2ccc(CCl)cc2)cc1Cl. The molecule has 2 aromatic rings. The molecule has 3 nitrogen and oxygen atoms in total. The highest BCUT2D eigenvalue weighted by molar-refractivity contribution is 6.33. The van der Waals surface area contributed by atoms with Gasteiger partial charge in [-0.2, -0.15) is 0 Å². The highest BCUT2D eigenvalue weighted by atomic mass is 35.5. The number of rotatable bonds is 4. The lowest BCUT2D eigenvalue weighted by molar-refractivity contribution is 0.102. The van der Waals surface area contributed by atoms with E-state index in [4.69, 9.17) is 23.2 Å². The predicted molar refractivity (Wildman–Crippen MR) is 89.7 cm³/mol. The molecule has 5 heteroatoms. The van der Waals surface area contributed by atoms with Crippen molar-refractivity contribution in [1.82, 2.24) is 0 Å². The maximum Gasteiger partial charge on any atom is 0.255 e. The minimum absolute atomic E-state index is 0.176. The van der Waals surface area contributed by atoms with Crippen molar-refractivity contribution in [3.8, 4) is 0 Å². The van der Waals surface area contributed by atoms with Crippen LogP contribution in [-0.4, -0.2) is 20.0 Å². The molecule has 1 N–H and O–H groups in total. The number of carbonyl (C=O) groups excluding carboxylic acids is 1. The average Bonchev–Trinajstić information content (AvgIpc) is 2.47. The third-order valence-electron chi connectivity index (χ3n) is 3.06. The lowest BCUT2D eigenvalue weighted by atomic mass is 10.1. The molecule has 0 bridgehead atoms. The van der Waals surface area contributed by atoms with E-state index in [1.807, 2.05) is 43.3 Å². The number of anilines is 2. The molecule has 2 aromatic carbocycles. The largest absolute Gasteiger partial charge is 0.376 e. The normalized spacial score (nSPS) is 10.3. The van der Waals surface area contributed by atoms with Crippen LogP contribution < -0.4 is 10.2 Å². The summed E-state index contributed by atoms with van der Waals surface area (Å²) in [5, 5.41) is 3.42. The van der Waals surface area contributed by atoms with Crippen molar-refractivity contribution in [2.24, 2.45) is 0 Å². The van der Waals surface area contributed by atoms with Crippen LogP contribution in [0, 0.1) is 0 Å². The van der Waals surface area contributed by atoms with Crippen LogP contribution in [0.5, 0.6) is 0 Å². The summed E-state index contributed by atoms with van der Waals surface area (Å²) >= 11 is 11.9. The van der Waals surface area contributed by atoms with E-state index in [-0.39, 0.29) is 5.91 Å². The Morgan fingerprint density at radius 1 is 1.14 bits per heavy atom. The van der Waals surface area contributed by atoms with E-state index in [9.17, 15) is 4.79 Å². The van der Waals surface area contributed by atoms with Crippen molar-refractivity contribution in [2.45, 2.75) is 5.88 Å². The van der Waals surface area contributed by atoms with E-state index in [2.05, 4.69) is 5.32 Å². The molecule has 21 heavy (non-hydrogen) atoms. The molecule has 0 aliphatic rings. The van der Waals surface area contributed by atoms with Gasteiger partial charge in [0, 0.05) is 31.2 Å². The first-order chi connectivity index (χ1) is 10.0. The molecule has 2 rings (SSSR count). The summed E-state index contributed by atoms with van der Waals surface area (Å²) in [4.78, 5) is 14.1. The Bertz CT molecular complexity index is 639. The zero-order chi connectivity index (χ0) is 15.4. The minimum Gasteiger partial charge on any atom is -0.376 e. The number of nitrogens with zero attached hydrogens (tertiary/aromatic N) is 1. The number of amides is 1. The second-order valence-electron chi connectivity index (χ2n) is 4.85. The Labute approximate surface area is 134 Å². The van der Waals surface area contributed by atoms with Gasteiger partial charge in [0.05, 0.1) is 10.7 Å². The van der Waals surface area contributed by atoms with Crippen LogP contribution in [0.25, 0.3) is 0 Å². The van der Waals surface area contributed by atoms with Gasteiger partial charge in [-0.3, -0.25) is 4.79 Å². The molecule has 110 valence electrons. The zero-order valence-electron chi connectivity index (χ0n) is 11.9. The number of alkyl halides is 1. The van der Waals surface area contributed by atoms with Gasteiger partial charge in [0.25, 0.3) is 5.91 Å². The summed E-state index contributed by atoms with van der Waals surface area (Å²) in [6, 6.07) is 12.6. The second-order valence-corrected chi connectivity index (χ2v) is 5.52. The summed E-state index contributed by atoms with van der Waals surface area (Å²) in [7, 11) is 3.83. The van der Waals surface area contributed by atoms with Crippen LogP contribution in [0.3, 0.4) is 0 Å². The average molecular weight is 323 g/mol. The first kappa shape index (κ1) is 15.7. The predicted octanol–water partition coefficient (Wildman–Crippen LogP) is 4.40. The van der Waals surface area contributed by atoms with Crippen LogP contribution in [0.4, 0.5) is 11.4 Å². The molecule has 0 spiro atoms. The molecule has 0 aliphatic carbocycles. The maximum absolute atomic E-state index is 12.1. The van der Waals surface area contributed by atoms with Gasteiger partial charge in [0.1, 0.15) is 0 Å². The van der Waals surface area contributed by atoms with E-state index in [1.165, 1.54) is 0 Å². The molecule has 0 atom stereocenters. The zero-order valence-corrected chi connectivity index (χ0v) is 13.4. The van der Waals surface area contributed by atoms with Crippen LogP contribution in [0.1, 0.15) is 15.9 Å². The minimum atomic E-state index is -0.176. The standard InChI is InChI=1S/C16H16Cl2N2O/c1-20(2)15-8-7-13(9-14(15)18)19-16(21)12-5-3-11(10-17)4-6-12/h3-9H,10H2,1-2H3,(H,19,21). The maximum atomic E-state index is 12.1. The Hall–Kier alpha value is -1.71. The second kappa shape index (κ2) is 6.83. The number of nitrogens with one attached hydrogen (secondary N) is 1. The third kappa shape index (κ3) is 3.90. The summed E-state index contributed by atoms with van der Waals surface area (Å²) in [5.74, 6) is 0.258. The van der Waals surface area contributed by atoms with Gasteiger partial charge in [-0.15, -0.1) is 11.6 Å². The fraction of sp³-hybridized carbons (Fsp3) is 0.188. The van der Waals surface area contributed by atoms with Crippen LogP contribution in [-0.2, 0) is 5.88 Å². The molecule has 0 heterocycles. The fourth-order valence-corrected chi connectivity index (χ4v) is 2.42. The molecule has 0 fully saturated rings. The fourth-order valence-electron chi connectivity index (χ4n) is 1.90. The topological polar surface area (TPSA) is 32.3 Å². The quantitative estimate of drug-likeness (QED) is 0.846. The van der Waals surface area contributed by atoms with E-state index in [1.54, 1.807) is 18.2 Å². The number of halogens is 2. The molecule has 0 saturated carbocycles. The van der Waals surface area contributed by atoms with Gasteiger partial charge in [-0.25, -0.2) is 0 Å². The van der Waals surface area contributed by atoms with Crippen molar-refractivity contribution >= 4 is 40.5 Å². The van der Waals surface area contributed by atoms with Gasteiger partial charge < -0.3 is 10.2 Å². The lowest BCUT2D eigenvalue weighted by Gasteiger charge is -2.15. The molecule has 0 aliphatic heterocycles. The highest BCUT2D eigenvalue weighted by Crippen LogP contribution is 2.27. The molecule has 0 saturated heterocycles. The van der Waals surface area contributed by atoms with Crippen LogP contribution in [0.15, 0.2) is 42.5 Å². The van der Waals surface area contributed by atoms with Crippen molar-refractivity contribution < 1.29 is 4.79 Å². The van der Waals surface area contributed by atoms with Gasteiger partial charge >= 0.3 is 0 Å². The van der Waals surface area contributed by atoms with Crippen LogP contribution in [0.2, 0.25) is 5.02 Å². The monoisotopic (exact) mass is 322 g/mol. The summed E-state index contributed by atoms with van der Waals surface area (Å²) in [6.07, 6.45) is 0. The highest BCUT2D eigenvalue weighted by Gasteiger charge is 2.08. The third-order valence-corrected chi connectivity index (χ3v) is 3.67. The lowest BCUT2D eigenvalue weighted by Crippen LogP contribution is -2.13. The summed E-state index contributed by atoms with van der Waals surface area (Å²) < 4.78 is 0. The van der Waals surface area contributed by atoms with Crippen molar-refractivity contribution in [1.29, 1.82) is 0 Å². The number of hydrogen-bond donors (Lipinski definition) is 1. The number of hydrogen-bond acceptors (Lipinski definition) is 2. The summed E-state index contributed by atoms with van der Waals surface area (Å²) in [5.41, 5.74) is 3.13. The smallest absolute Gasteiger partial charge is 0.255 e. The number of benzene rings is 2. The molecular weight excluding hydrogens is 307 g/mol. The van der Waals surface area contributed by atoms with Crippen molar-refractivity contribution in [3.63, 3.8) is 0 Å². The molecule has 0 aromatic heterocycles. The Balaban J connectivity index is 2.13. The first-order valence-corrected chi connectivity index (χ1v) is 7.35. The Kier molecular flexibility index (Phi) is 5.10. The molecule has 0 radical (unpaired) electrons. The Morgan fingerprint density at radius 2 is 1.81 bits per heavy atom. The molecule has 0 unspecified atom stereocenters. The first-order valence-electron chi connectivity index (χ1n) is 6.44. The van der Waals surface area contributed by atoms with Crippen LogP contribution >= 0.6 is 23.2 Å². The van der Waals surface area contributed by atoms with Crippen molar-refractivity contribution in [3.05, 3.63) is 58.6 Å². The van der Waals surface area contributed by atoms with Gasteiger partial charge in [0.2, 0.25) is 0 Å². The van der Waals surface area contributed by atoms with E-state index >= 15 is 0 Å². The van der Waals surface area contributed by atoms with E-state index in [0.717, 1.165) is 11.3 Å². The van der Waals surface area contributed by atoms with Crippen molar-refractivity contribution in [2.75, 3.05) is 24.3 Å². The molecule has 1 amide bonds. The van der Waals surface area contributed by atoms with Gasteiger partial charge in [-0.05, 0) is 35.9 Å². The number of carbonyl (C=O) groups is 1. The van der Waals surface area contributed by atoms with Gasteiger partial charge in [0.15, 0.2) is 0 Å². The van der Waals surface area contributed by atoms with Gasteiger partial charge in [-0.1, -0.05) is 23.7 Å². The molecular formula is C16H16Cl2N2O. The van der Waals surface area contributed by atoms with E-state index in [0.29, 0.717) is 22.2 Å².